The van der Waals surface area contributed by atoms with Crippen LogP contribution in [0, 0.1) is 5.82 Å². The fraction of sp³-hybridized carbons (Fsp3) is 0.200. The van der Waals surface area contributed by atoms with Crippen molar-refractivity contribution in [1.29, 1.82) is 0 Å². The van der Waals surface area contributed by atoms with Gasteiger partial charge in [-0.3, -0.25) is 0 Å². The summed E-state index contributed by atoms with van der Waals surface area (Å²) in [6, 6.07) is 15.5. The predicted octanol–water partition coefficient (Wildman–Crippen LogP) is 2.38. The molecule has 0 saturated carbocycles. The molecule has 94 valence electrons. The first-order valence-corrected chi connectivity index (χ1v) is 5.91. The normalized spacial score (nSPS) is 16.0. The minimum atomic E-state index is -0.811. The van der Waals surface area contributed by atoms with Gasteiger partial charge in [0.15, 0.2) is 0 Å². The van der Waals surface area contributed by atoms with Crippen LogP contribution in [0.2, 0.25) is 0 Å². The Morgan fingerprint density at radius 2 is 1.44 bits per heavy atom. The average Bonchev–Trinajstić information content (AvgIpc) is 2.39. The van der Waals surface area contributed by atoms with Gasteiger partial charge in [0.05, 0.1) is 5.54 Å². The van der Waals surface area contributed by atoms with E-state index in [1.165, 1.54) is 12.1 Å². The van der Waals surface area contributed by atoms with Crippen LogP contribution in [0.1, 0.15) is 18.1 Å². The molecule has 2 aromatic carbocycles. The smallest absolute Gasteiger partial charge is 0.123 e. The molecule has 4 N–H and O–H groups in total. The monoisotopic (exact) mass is 244 g/mol. The van der Waals surface area contributed by atoms with Crippen molar-refractivity contribution in [1.82, 2.24) is 0 Å². The van der Waals surface area contributed by atoms with E-state index in [0.717, 1.165) is 11.1 Å². The molecule has 0 heterocycles. The molecule has 0 radical (unpaired) electrons. The molecule has 2 rings (SSSR count). The topological polar surface area (TPSA) is 52.0 Å². The van der Waals surface area contributed by atoms with Gasteiger partial charge in [-0.1, -0.05) is 42.5 Å². The Kier molecular flexibility index (Phi) is 3.45. The third-order valence-electron chi connectivity index (χ3n) is 3.29. The molecule has 0 aliphatic carbocycles. The number of benzene rings is 2. The van der Waals surface area contributed by atoms with E-state index in [1.807, 2.05) is 37.3 Å². The van der Waals surface area contributed by atoms with E-state index in [9.17, 15) is 4.39 Å². The predicted molar refractivity (Wildman–Crippen MR) is 71.5 cm³/mol. The highest BCUT2D eigenvalue weighted by molar-refractivity contribution is 5.39. The molecule has 2 aromatic rings. The summed E-state index contributed by atoms with van der Waals surface area (Å²) in [5.41, 5.74) is 13.5. The van der Waals surface area contributed by atoms with Gasteiger partial charge in [0.1, 0.15) is 5.82 Å². The first kappa shape index (κ1) is 12.7. The molecule has 0 amide bonds. The van der Waals surface area contributed by atoms with E-state index in [-0.39, 0.29) is 11.9 Å². The molecule has 0 fully saturated rings. The maximum Gasteiger partial charge on any atom is 0.123 e. The Labute approximate surface area is 106 Å². The van der Waals surface area contributed by atoms with Crippen molar-refractivity contribution >= 4 is 0 Å². The third kappa shape index (κ3) is 2.15. The summed E-state index contributed by atoms with van der Waals surface area (Å²) in [7, 11) is 0. The van der Waals surface area contributed by atoms with Crippen LogP contribution >= 0.6 is 0 Å². The SMILES string of the molecule is C[C@H](N)[C@](N)(c1ccccc1)c1ccc(F)cc1. The van der Waals surface area contributed by atoms with Crippen molar-refractivity contribution < 1.29 is 4.39 Å². The summed E-state index contributed by atoms with van der Waals surface area (Å²) >= 11 is 0. The maximum absolute atomic E-state index is 13.0. The van der Waals surface area contributed by atoms with Gasteiger partial charge in [0.2, 0.25) is 0 Å². The van der Waals surface area contributed by atoms with E-state index in [2.05, 4.69) is 0 Å². The van der Waals surface area contributed by atoms with E-state index in [1.54, 1.807) is 12.1 Å². The Morgan fingerprint density at radius 1 is 0.944 bits per heavy atom. The van der Waals surface area contributed by atoms with E-state index in [0.29, 0.717) is 0 Å². The fourth-order valence-electron chi connectivity index (χ4n) is 2.13. The molecule has 2 nitrogen and oxygen atoms in total. The summed E-state index contributed by atoms with van der Waals surface area (Å²) in [5, 5.41) is 0. The Bertz CT molecular complexity index is 508. The highest BCUT2D eigenvalue weighted by Gasteiger charge is 2.33. The van der Waals surface area contributed by atoms with Crippen molar-refractivity contribution in [3.8, 4) is 0 Å². The van der Waals surface area contributed by atoms with Crippen molar-refractivity contribution in [3.05, 3.63) is 71.5 Å². The number of rotatable bonds is 3. The van der Waals surface area contributed by atoms with Gasteiger partial charge in [-0.05, 0) is 30.2 Å². The number of hydrogen-bond donors (Lipinski definition) is 2. The van der Waals surface area contributed by atoms with Crippen LogP contribution in [-0.4, -0.2) is 6.04 Å². The summed E-state index contributed by atoms with van der Waals surface area (Å²) < 4.78 is 13.0. The van der Waals surface area contributed by atoms with Gasteiger partial charge in [-0.2, -0.15) is 0 Å². The molecule has 0 saturated heterocycles. The molecule has 3 heteroatoms. The average molecular weight is 244 g/mol. The standard InChI is InChI=1S/C15H17FN2/c1-11(17)15(18,12-5-3-2-4-6-12)13-7-9-14(16)10-8-13/h2-11H,17-18H2,1H3/t11-,15-/m0/s1. The molecule has 0 aliphatic heterocycles. The maximum atomic E-state index is 13.0. The van der Waals surface area contributed by atoms with Crippen LogP contribution in [-0.2, 0) is 5.54 Å². The minimum absolute atomic E-state index is 0.279. The molecular weight excluding hydrogens is 227 g/mol. The summed E-state index contributed by atoms with van der Waals surface area (Å²) in [6.07, 6.45) is 0. The van der Waals surface area contributed by atoms with Crippen molar-refractivity contribution in [3.63, 3.8) is 0 Å². The van der Waals surface area contributed by atoms with E-state index >= 15 is 0 Å². The van der Waals surface area contributed by atoms with Gasteiger partial charge in [0, 0.05) is 6.04 Å². The number of nitrogens with two attached hydrogens (primary N) is 2. The Hall–Kier alpha value is -1.71. The second-order valence-electron chi connectivity index (χ2n) is 4.53. The zero-order valence-corrected chi connectivity index (χ0v) is 10.3. The number of hydrogen-bond acceptors (Lipinski definition) is 2. The Balaban J connectivity index is 2.54. The lowest BCUT2D eigenvalue weighted by Gasteiger charge is -2.34. The Morgan fingerprint density at radius 3 is 1.94 bits per heavy atom. The molecule has 2 atom stereocenters. The first-order chi connectivity index (χ1) is 8.55. The van der Waals surface area contributed by atoms with Crippen LogP contribution < -0.4 is 11.5 Å². The first-order valence-electron chi connectivity index (χ1n) is 5.91. The second-order valence-corrected chi connectivity index (χ2v) is 4.53. The van der Waals surface area contributed by atoms with Gasteiger partial charge in [-0.15, -0.1) is 0 Å². The molecule has 18 heavy (non-hydrogen) atoms. The number of halogens is 1. The zero-order chi connectivity index (χ0) is 13.2. The summed E-state index contributed by atoms with van der Waals surface area (Å²) in [6.45, 7) is 1.86. The lowest BCUT2D eigenvalue weighted by molar-refractivity contribution is 0.445. The van der Waals surface area contributed by atoms with Crippen molar-refractivity contribution in [2.75, 3.05) is 0 Å². The quantitative estimate of drug-likeness (QED) is 0.871. The molecule has 0 unspecified atom stereocenters. The molecule has 0 spiro atoms. The summed E-state index contributed by atoms with van der Waals surface area (Å²) in [5.74, 6) is -0.279. The highest BCUT2D eigenvalue weighted by Crippen LogP contribution is 2.29. The van der Waals surface area contributed by atoms with Gasteiger partial charge < -0.3 is 11.5 Å². The van der Waals surface area contributed by atoms with Crippen LogP contribution in [0.5, 0.6) is 0 Å². The lowest BCUT2D eigenvalue weighted by atomic mass is 9.79. The third-order valence-corrected chi connectivity index (χ3v) is 3.29. The second kappa shape index (κ2) is 4.88. The largest absolute Gasteiger partial charge is 0.326 e. The summed E-state index contributed by atoms with van der Waals surface area (Å²) in [4.78, 5) is 0. The zero-order valence-electron chi connectivity index (χ0n) is 10.3. The fourth-order valence-corrected chi connectivity index (χ4v) is 2.13. The van der Waals surface area contributed by atoms with Crippen LogP contribution in [0.3, 0.4) is 0 Å². The minimum Gasteiger partial charge on any atom is -0.326 e. The van der Waals surface area contributed by atoms with Crippen LogP contribution in [0.15, 0.2) is 54.6 Å². The van der Waals surface area contributed by atoms with E-state index < -0.39 is 5.54 Å². The van der Waals surface area contributed by atoms with Crippen LogP contribution in [0.25, 0.3) is 0 Å². The van der Waals surface area contributed by atoms with Crippen molar-refractivity contribution in [2.24, 2.45) is 11.5 Å². The van der Waals surface area contributed by atoms with Gasteiger partial charge in [0.25, 0.3) is 0 Å². The van der Waals surface area contributed by atoms with Gasteiger partial charge >= 0.3 is 0 Å². The molecule has 0 aromatic heterocycles. The lowest BCUT2D eigenvalue weighted by Crippen LogP contribution is -2.51. The highest BCUT2D eigenvalue weighted by atomic mass is 19.1. The molecular formula is C15H17FN2. The van der Waals surface area contributed by atoms with E-state index in [4.69, 9.17) is 11.5 Å². The van der Waals surface area contributed by atoms with Gasteiger partial charge in [-0.25, -0.2) is 4.39 Å². The van der Waals surface area contributed by atoms with Crippen LogP contribution in [0.4, 0.5) is 4.39 Å². The van der Waals surface area contributed by atoms with Crippen molar-refractivity contribution in [2.45, 2.75) is 18.5 Å². The molecule has 0 aliphatic rings. The molecule has 0 bridgehead atoms.